The average molecular weight is 355 g/mol. The van der Waals surface area contributed by atoms with E-state index in [1.807, 2.05) is 30.3 Å². The normalized spacial score (nSPS) is 27.1. The number of hydrogen-bond acceptors (Lipinski definition) is 2. The van der Waals surface area contributed by atoms with Crippen LogP contribution in [0.5, 0.6) is 5.75 Å². The molecule has 0 aromatic heterocycles. The van der Waals surface area contributed by atoms with Crippen LogP contribution in [0.15, 0.2) is 54.6 Å². The maximum Gasteiger partial charge on any atom is 0.137 e. The number of aliphatic hydroxyl groups is 1. The Morgan fingerprint density at radius 2 is 1.54 bits per heavy atom. The van der Waals surface area contributed by atoms with Gasteiger partial charge in [0, 0.05) is 11.8 Å². The van der Waals surface area contributed by atoms with Gasteiger partial charge in [-0.05, 0) is 29.7 Å². The SMILES string of the molecule is C[C@H]1C[C@H](C)C[N+](C)(C[C@H](O)COc2ccc(-c3ccccc3)cc2)C1. The molecule has 1 N–H and O–H groups in total. The van der Waals surface area contributed by atoms with Gasteiger partial charge >= 0.3 is 0 Å². The number of nitrogens with zero attached hydrogens (tertiary/aromatic N) is 1. The topological polar surface area (TPSA) is 29.5 Å². The number of likely N-dealkylation sites (tertiary alicyclic amines) is 1. The molecule has 1 aliphatic heterocycles. The summed E-state index contributed by atoms with van der Waals surface area (Å²) in [4.78, 5) is 0. The van der Waals surface area contributed by atoms with Crippen molar-refractivity contribution in [1.82, 2.24) is 0 Å². The fourth-order valence-corrected chi connectivity index (χ4v) is 4.69. The molecule has 1 aliphatic rings. The van der Waals surface area contributed by atoms with E-state index in [4.69, 9.17) is 4.74 Å². The quantitative estimate of drug-likeness (QED) is 0.787. The van der Waals surface area contributed by atoms with Crippen LogP contribution in [0.25, 0.3) is 11.1 Å². The van der Waals surface area contributed by atoms with Crippen molar-refractivity contribution in [2.24, 2.45) is 11.8 Å². The fourth-order valence-electron chi connectivity index (χ4n) is 4.69. The molecule has 3 rings (SSSR count). The minimum atomic E-state index is -0.439. The Labute approximate surface area is 157 Å². The summed E-state index contributed by atoms with van der Waals surface area (Å²) in [6, 6.07) is 18.4. The van der Waals surface area contributed by atoms with E-state index in [9.17, 15) is 5.11 Å². The molecule has 1 heterocycles. The van der Waals surface area contributed by atoms with E-state index >= 15 is 0 Å². The summed E-state index contributed by atoms with van der Waals surface area (Å²) in [5.74, 6) is 2.26. The molecule has 1 fully saturated rings. The first kappa shape index (κ1) is 18.9. The smallest absolute Gasteiger partial charge is 0.137 e. The molecule has 1 saturated heterocycles. The van der Waals surface area contributed by atoms with Crippen molar-refractivity contribution in [3.63, 3.8) is 0 Å². The molecule has 0 bridgehead atoms. The third-order valence-corrected chi connectivity index (χ3v) is 5.36. The van der Waals surface area contributed by atoms with Gasteiger partial charge in [0.25, 0.3) is 0 Å². The van der Waals surface area contributed by atoms with E-state index in [1.165, 1.54) is 17.5 Å². The molecule has 2 aromatic carbocycles. The number of quaternary nitrogens is 1. The molecule has 3 nitrogen and oxygen atoms in total. The van der Waals surface area contributed by atoms with Gasteiger partial charge in [0.15, 0.2) is 0 Å². The molecule has 0 saturated carbocycles. The molecule has 3 heteroatoms. The van der Waals surface area contributed by atoms with Gasteiger partial charge in [-0.25, -0.2) is 0 Å². The van der Waals surface area contributed by atoms with Gasteiger partial charge in [0.2, 0.25) is 0 Å². The largest absolute Gasteiger partial charge is 0.491 e. The van der Waals surface area contributed by atoms with Crippen LogP contribution in [0.4, 0.5) is 0 Å². The highest BCUT2D eigenvalue weighted by molar-refractivity contribution is 5.63. The van der Waals surface area contributed by atoms with Crippen LogP contribution in [-0.2, 0) is 0 Å². The highest BCUT2D eigenvalue weighted by Crippen LogP contribution is 2.26. The lowest BCUT2D eigenvalue weighted by Gasteiger charge is -2.44. The number of rotatable bonds is 6. The van der Waals surface area contributed by atoms with Gasteiger partial charge in [0.1, 0.15) is 25.0 Å². The van der Waals surface area contributed by atoms with Crippen LogP contribution in [0.2, 0.25) is 0 Å². The van der Waals surface area contributed by atoms with E-state index in [0.29, 0.717) is 6.61 Å². The van der Waals surface area contributed by atoms with Crippen molar-refractivity contribution >= 4 is 0 Å². The summed E-state index contributed by atoms with van der Waals surface area (Å²) in [6.45, 7) is 8.05. The second-order valence-electron chi connectivity index (χ2n) is 8.47. The van der Waals surface area contributed by atoms with Crippen molar-refractivity contribution in [2.45, 2.75) is 26.4 Å². The highest BCUT2D eigenvalue weighted by Gasteiger charge is 2.34. The monoisotopic (exact) mass is 354 g/mol. The summed E-state index contributed by atoms with van der Waals surface area (Å²) < 4.78 is 6.78. The van der Waals surface area contributed by atoms with Gasteiger partial charge in [-0.3, -0.25) is 0 Å². The molecule has 0 unspecified atom stereocenters. The predicted molar refractivity (Wildman–Crippen MR) is 107 cm³/mol. The van der Waals surface area contributed by atoms with Gasteiger partial charge in [-0.2, -0.15) is 0 Å². The van der Waals surface area contributed by atoms with E-state index in [0.717, 1.165) is 41.7 Å². The summed E-state index contributed by atoms with van der Waals surface area (Å²) in [6.07, 6.45) is 0.861. The van der Waals surface area contributed by atoms with Gasteiger partial charge < -0.3 is 14.3 Å². The zero-order chi connectivity index (χ0) is 18.6. The molecule has 26 heavy (non-hydrogen) atoms. The summed E-state index contributed by atoms with van der Waals surface area (Å²) >= 11 is 0. The van der Waals surface area contributed by atoms with Gasteiger partial charge in [0.05, 0.1) is 20.1 Å². The van der Waals surface area contributed by atoms with E-state index in [1.54, 1.807) is 0 Å². The number of hydrogen-bond donors (Lipinski definition) is 1. The van der Waals surface area contributed by atoms with Crippen molar-refractivity contribution in [3.05, 3.63) is 54.6 Å². The summed E-state index contributed by atoms with van der Waals surface area (Å²) in [5, 5.41) is 10.5. The maximum absolute atomic E-state index is 10.5. The van der Waals surface area contributed by atoms with Crippen molar-refractivity contribution in [3.8, 4) is 16.9 Å². The molecular weight excluding hydrogens is 322 g/mol. The molecule has 140 valence electrons. The lowest BCUT2D eigenvalue weighted by molar-refractivity contribution is -0.923. The van der Waals surface area contributed by atoms with Crippen LogP contribution in [0, 0.1) is 11.8 Å². The standard InChI is InChI=1S/C23H32NO2/c1-18-13-19(2)15-24(3,14-18)16-22(25)17-26-23-11-9-21(10-12-23)20-7-5-4-6-8-20/h4-12,18-19,22,25H,13-17H2,1-3H3/q+1/t18-,19-,22-/m0/s1. The lowest BCUT2D eigenvalue weighted by atomic mass is 9.90. The minimum absolute atomic E-state index is 0.348. The second kappa shape index (κ2) is 8.24. The van der Waals surface area contributed by atoms with Gasteiger partial charge in [-0.1, -0.05) is 56.3 Å². The first-order chi connectivity index (χ1) is 12.4. The van der Waals surface area contributed by atoms with Crippen LogP contribution in [0.3, 0.4) is 0 Å². The number of piperidine rings is 1. The van der Waals surface area contributed by atoms with E-state index in [2.05, 4.69) is 45.2 Å². The number of likely N-dealkylation sites (N-methyl/N-ethyl adjacent to an activating group) is 1. The lowest BCUT2D eigenvalue weighted by Crippen LogP contribution is -2.57. The van der Waals surface area contributed by atoms with Crippen molar-refractivity contribution in [1.29, 1.82) is 0 Å². The Balaban J connectivity index is 1.52. The Morgan fingerprint density at radius 1 is 0.962 bits per heavy atom. The maximum atomic E-state index is 10.5. The van der Waals surface area contributed by atoms with Crippen LogP contribution in [-0.4, -0.2) is 49.0 Å². The Morgan fingerprint density at radius 3 is 2.15 bits per heavy atom. The molecule has 3 atom stereocenters. The van der Waals surface area contributed by atoms with Crippen LogP contribution >= 0.6 is 0 Å². The third-order valence-electron chi connectivity index (χ3n) is 5.36. The molecule has 2 aromatic rings. The zero-order valence-corrected chi connectivity index (χ0v) is 16.3. The number of benzene rings is 2. The Kier molecular flexibility index (Phi) is 6.00. The van der Waals surface area contributed by atoms with Crippen LogP contribution < -0.4 is 4.74 Å². The molecule has 0 amide bonds. The van der Waals surface area contributed by atoms with Crippen LogP contribution in [0.1, 0.15) is 20.3 Å². The van der Waals surface area contributed by atoms with Crippen molar-refractivity contribution < 1.29 is 14.3 Å². The zero-order valence-electron chi connectivity index (χ0n) is 16.3. The fraction of sp³-hybridized carbons (Fsp3) is 0.478. The first-order valence-corrected chi connectivity index (χ1v) is 9.73. The van der Waals surface area contributed by atoms with E-state index < -0.39 is 6.10 Å². The third kappa shape index (κ3) is 5.09. The second-order valence-corrected chi connectivity index (χ2v) is 8.47. The molecule has 0 aliphatic carbocycles. The highest BCUT2D eigenvalue weighted by atomic mass is 16.5. The molecule has 0 radical (unpaired) electrons. The summed E-state index contributed by atoms with van der Waals surface area (Å²) in [7, 11) is 2.27. The molecular formula is C23H32NO2+. The van der Waals surface area contributed by atoms with Crippen molar-refractivity contribution in [2.75, 3.05) is 33.3 Å². The average Bonchev–Trinajstić information content (AvgIpc) is 2.59. The predicted octanol–water partition coefficient (Wildman–Crippen LogP) is 4.22. The number of ether oxygens (including phenoxy) is 1. The van der Waals surface area contributed by atoms with Gasteiger partial charge in [-0.15, -0.1) is 0 Å². The minimum Gasteiger partial charge on any atom is -0.491 e. The Bertz CT molecular complexity index is 673. The molecule has 0 spiro atoms. The first-order valence-electron chi connectivity index (χ1n) is 9.73. The Hall–Kier alpha value is -1.84. The summed E-state index contributed by atoms with van der Waals surface area (Å²) in [5.41, 5.74) is 2.37. The van der Waals surface area contributed by atoms with E-state index in [-0.39, 0.29) is 0 Å². The number of aliphatic hydroxyl groups excluding tert-OH is 1.